The highest BCUT2D eigenvalue weighted by molar-refractivity contribution is 5.27. The summed E-state index contributed by atoms with van der Waals surface area (Å²) >= 11 is 0. The summed E-state index contributed by atoms with van der Waals surface area (Å²) in [5, 5.41) is 10.9. The van der Waals surface area contributed by atoms with Crippen molar-refractivity contribution in [2.45, 2.75) is 50.9 Å². The van der Waals surface area contributed by atoms with E-state index in [-0.39, 0.29) is 11.6 Å². The number of halogens is 3. The third kappa shape index (κ3) is 6.33. The molecule has 10 nitrogen and oxygen atoms in total. The van der Waals surface area contributed by atoms with Gasteiger partial charge >= 0.3 is 18.2 Å². The van der Waals surface area contributed by atoms with E-state index < -0.39 is 16.9 Å². The maximum Gasteiger partial charge on any atom is 0.573 e. The van der Waals surface area contributed by atoms with Gasteiger partial charge in [0.25, 0.3) is 0 Å². The van der Waals surface area contributed by atoms with Crippen LogP contribution in [0.15, 0.2) is 30.5 Å². The molecule has 0 N–H and O–H groups in total. The van der Waals surface area contributed by atoms with Crippen molar-refractivity contribution in [3.63, 3.8) is 0 Å². The second kappa shape index (κ2) is 10.1. The number of benzene rings is 1. The van der Waals surface area contributed by atoms with Gasteiger partial charge in [0.1, 0.15) is 17.5 Å². The molecule has 1 aromatic heterocycles. The number of ether oxygens (including phenoxy) is 2. The van der Waals surface area contributed by atoms with Crippen LogP contribution >= 0.6 is 0 Å². The number of imidazole rings is 1. The number of hydrogen-bond acceptors (Lipinski definition) is 8. The Hall–Kier alpha value is -2.90. The van der Waals surface area contributed by atoms with Gasteiger partial charge in [0.15, 0.2) is 0 Å². The number of hydrogen-bond donors (Lipinski definition) is 0. The quantitative estimate of drug-likeness (QED) is 0.403. The molecule has 2 fully saturated rings. The van der Waals surface area contributed by atoms with Gasteiger partial charge in [-0.3, -0.25) is 19.3 Å². The molecular weight excluding hydrogens is 493 g/mol. The molecule has 0 aliphatic carbocycles. The number of piperazine rings is 1. The van der Waals surface area contributed by atoms with Crippen LogP contribution in [0, 0.1) is 10.1 Å². The van der Waals surface area contributed by atoms with E-state index in [2.05, 4.69) is 24.4 Å². The van der Waals surface area contributed by atoms with Gasteiger partial charge in [0, 0.05) is 50.3 Å². The van der Waals surface area contributed by atoms with Gasteiger partial charge in [0.2, 0.25) is 0 Å². The average Bonchev–Trinajstić information content (AvgIpc) is 3.36. The molecule has 3 aliphatic heterocycles. The van der Waals surface area contributed by atoms with Crippen molar-refractivity contribution >= 4 is 5.82 Å². The van der Waals surface area contributed by atoms with E-state index in [1.807, 2.05) is 6.92 Å². The molecule has 0 bridgehead atoms. The Kier molecular flexibility index (Phi) is 7.03. The number of piperidine rings is 1. The first kappa shape index (κ1) is 25.7. The van der Waals surface area contributed by atoms with Crippen LogP contribution in [0.4, 0.5) is 19.0 Å². The molecular formula is C24H31F3N6O4. The fraction of sp³-hybridized carbons (Fsp3) is 0.625. The molecule has 0 saturated carbocycles. The van der Waals surface area contributed by atoms with Crippen LogP contribution in [0.1, 0.15) is 25.3 Å². The monoisotopic (exact) mass is 524 g/mol. The van der Waals surface area contributed by atoms with Crippen LogP contribution < -0.4 is 9.47 Å². The largest absolute Gasteiger partial charge is 0.573 e. The summed E-state index contributed by atoms with van der Waals surface area (Å²) in [5.41, 5.74) is 0.517. The molecule has 13 heteroatoms. The van der Waals surface area contributed by atoms with E-state index in [0.717, 1.165) is 64.2 Å². The highest BCUT2D eigenvalue weighted by Crippen LogP contribution is 2.32. The molecule has 4 heterocycles. The summed E-state index contributed by atoms with van der Waals surface area (Å²) in [5.74, 6) is -0.387. The van der Waals surface area contributed by atoms with Crippen molar-refractivity contribution in [1.29, 1.82) is 0 Å². The average molecular weight is 525 g/mol. The predicted octanol–water partition coefficient (Wildman–Crippen LogP) is 3.12. The molecule has 2 saturated heterocycles. The number of rotatable bonds is 7. The lowest BCUT2D eigenvalue weighted by Gasteiger charge is -2.43. The fourth-order valence-electron chi connectivity index (χ4n) is 5.62. The third-order valence-electron chi connectivity index (χ3n) is 7.36. The normalized spacial score (nSPS) is 24.1. The molecule has 1 unspecified atom stereocenters. The Morgan fingerprint density at radius 1 is 1.11 bits per heavy atom. The number of alkyl halides is 3. The highest BCUT2D eigenvalue weighted by atomic mass is 19.4. The maximum absolute atomic E-state index is 12.3. The van der Waals surface area contributed by atoms with Crippen molar-refractivity contribution in [3.05, 3.63) is 46.1 Å². The number of nitro groups is 1. The first-order valence-electron chi connectivity index (χ1n) is 12.5. The van der Waals surface area contributed by atoms with Crippen molar-refractivity contribution in [3.8, 4) is 11.8 Å². The molecule has 5 rings (SSSR count). The zero-order chi connectivity index (χ0) is 26.2. The molecule has 202 valence electrons. The van der Waals surface area contributed by atoms with Crippen LogP contribution in [-0.4, -0.2) is 93.0 Å². The van der Waals surface area contributed by atoms with E-state index in [9.17, 15) is 23.3 Å². The van der Waals surface area contributed by atoms with Crippen LogP contribution in [0.3, 0.4) is 0 Å². The second-order valence-corrected chi connectivity index (χ2v) is 10.3. The van der Waals surface area contributed by atoms with Gasteiger partial charge in [-0.25, -0.2) is 0 Å². The number of likely N-dealkylation sites (tertiary alicyclic amines) is 1. The number of aromatic nitrogens is 2. The summed E-state index contributed by atoms with van der Waals surface area (Å²) < 4.78 is 48.7. The highest BCUT2D eigenvalue weighted by Gasteiger charge is 2.42. The van der Waals surface area contributed by atoms with E-state index in [1.54, 1.807) is 16.7 Å². The summed E-state index contributed by atoms with van der Waals surface area (Å²) in [7, 11) is 0. The van der Waals surface area contributed by atoms with Crippen molar-refractivity contribution in [1.82, 2.24) is 24.3 Å². The Labute approximate surface area is 212 Å². The SMILES string of the molecule is CC1(CN2CCC(N3CCN(Cc4ccc(OC(F)(F)F)cc4)CC3)CC2)Cn2cc([N+](=O)[O-])nc2O1. The van der Waals surface area contributed by atoms with Crippen LogP contribution in [0.2, 0.25) is 0 Å². The van der Waals surface area contributed by atoms with Crippen molar-refractivity contribution in [2.75, 3.05) is 45.8 Å². The van der Waals surface area contributed by atoms with Gasteiger partial charge in [-0.2, -0.15) is 0 Å². The molecule has 0 radical (unpaired) electrons. The third-order valence-corrected chi connectivity index (χ3v) is 7.36. The lowest BCUT2D eigenvalue weighted by molar-refractivity contribution is -0.389. The van der Waals surface area contributed by atoms with Crippen molar-refractivity contribution < 1.29 is 27.6 Å². The van der Waals surface area contributed by atoms with E-state index in [4.69, 9.17) is 4.74 Å². The van der Waals surface area contributed by atoms with E-state index in [0.29, 0.717) is 25.1 Å². The van der Waals surface area contributed by atoms with Gasteiger partial charge in [-0.1, -0.05) is 12.1 Å². The first-order chi connectivity index (χ1) is 17.6. The minimum absolute atomic E-state index is 0.189. The number of nitrogens with zero attached hydrogens (tertiary/aromatic N) is 6. The Balaban J connectivity index is 1.03. The predicted molar refractivity (Wildman–Crippen MR) is 127 cm³/mol. The van der Waals surface area contributed by atoms with Crippen LogP contribution in [0.5, 0.6) is 11.8 Å². The zero-order valence-electron chi connectivity index (χ0n) is 20.7. The second-order valence-electron chi connectivity index (χ2n) is 10.3. The van der Waals surface area contributed by atoms with Gasteiger partial charge in [0.05, 0.1) is 6.54 Å². The summed E-state index contributed by atoms with van der Waals surface area (Å²) in [4.78, 5) is 21.7. The topological polar surface area (TPSA) is 89.1 Å². The molecule has 2 aromatic rings. The molecule has 0 spiro atoms. The first-order valence-corrected chi connectivity index (χ1v) is 12.5. The lowest BCUT2D eigenvalue weighted by Crippen LogP contribution is -2.54. The smallest absolute Gasteiger partial charge is 0.436 e. The molecule has 1 atom stereocenters. The maximum atomic E-state index is 12.3. The molecule has 0 amide bonds. The lowest BCUT2D eigenvalue weighted by atomic mass is 9.99. The fourth-order valence-corrected chi connectivity index (χ4v) is 5.62. The Bertz CT molecular complexity index is 1070. The van der Waals surface area contributed by atoms with Crippen molar-refractivity contribution in [2.24, 2.45) is 0 Å². The Morgan fingerprint density at radius 2 is 1.78 bits per heavy atom. The minimum Gasteiger partial charge on any atom is -0.436 e. The van der Waals surface area contributed by atoms with Gasteiger partial charge < -0.3 is 19.6 Å². The number of fused-ring (bicyclic) bond motifs is 1. The minimum atomic E-state index is -4.67. The zero-order valence-corrected chi connectivity index (χ0v) is 20.7. The summed E-state index contributed by atoms with van der Waals surface area (Å²) in [6.45, 7) is 9.75. The summed E-state index contributed by atoms with van der Waals surface area (Å²) in [6.07, 6.45) is -1.09. The van der Waals surface area contributed by atoms with Gasteiger partial charge in [-0.05, 0) is 55.5 Å². The van der Waals surface area contributed by atoms with E-state index >= 15 is 0 Å². The molecule has 1 aromatic carbocycles. The molecule has 3 aliphatic rings. The van der Waals surface area contributed by atoms with Gasteiger partial charge in [-0.15, -0.1) is 13.2 Å². The van der Waals surface area contributed by atoms with Crippen LogP contribution in [0.25, 0.3) is 0 Å². The molecule has 37 heavy (non-hydrogen) atoms. The Morgan fingerprint density at radius 3 is 2.38 bits per heavy atom. The van der Waals surface area contributed by atoms with Crippen LogP contribution in [-0.2, 0) is 13.1 Å². The standard InChI is InChI=1S/C24H31F3N6O4/c1-23(17-32-15-21(33(34)35)28-22(32)37-23)16-30-8-6-19(7-9-30)31-12-10-29(11-13-31)14-18-2-4-20(5-3-18)36-24(25,26)27/h2-5,15,19H,6-14,16-17H2,1H3. The van der Waals surface area contributed by atoms with E-state index in [1.165, 1.54) is 18.3 Å². The summed E-state index contributed by atoms with van der Waals surface area (Å²) in [6, 6.07) is 6.95.